The lowest BCUT2D eigenvalue weighted by atomic mass is 9.94. The van der Waals surface area contributed by atoms with Crippen LogP contribution in [0.15, 0.2) is 5.16 Å². The molecular weight excluding hydrogens is 276 g/mol. The number of carbonyl (C=O) groups excluding carboxylic acids is 2. The van der Waals surface area contributed by atoms with Crippen LogP contribution in [0.3, 0.4) is 0 Å². The molecular formula is C14H24N2O5. The molecule has 7 heteroatoms. The highest BCUT2D eigenvalue weighted by Crippen LogP contribution is 2.28. The van der Waals surface area contributed by atoms with Crippen molar-refractivity contribution in [3.8, 4) is 0 Å². The molecule has 21 heavy (non-hydrogen) atoms. The molecule has 1 amide bonds. The SMILES string of the molecule is CCOC(=O)C1(CC)CC(CNC(=O)OC(C)(C)C)=NO1. The molecule has 0 aromatic heterocycles. The summed E-state index contributed by atoms with van der Waals surface area (Å²) in [5, 5.41) is 6.47. The van der Waals surface area contributed by atoms with Crippen LogP contribution >= 0.6 is 0 Å². The maximum absolute atomic E-state index is 11.9. The van der Waals surface area contributed by atoms with Gasteiger partial charge in [0.1, 0.15) is 5.60 Å². The smallest absolute Gasteiger partial charge is 0.407 e. The van der Waals surface area contributed by atoms with Gasteiger partial charge < -0.3 is 19.6 Å². The van der Waals surface area contributed by atoms with Crippen molar-refractivity contribution in [1.82, 2.24) is 5.32 Å². The van der Waals surface area contributed by atoms with Gasteiger partial charge in [-0.3, -0.25) is 0 Å². The number of amides is 1. The van der Waals surface area contributed by atoms with E-state index in [1.807, 2.05) is 6.92 Å². The van der Waals surface area contributed by atoms with Gasteiger partial charge in [-0.1, -0.05) is 12.1 Å². The van der Waals surface area contributed by atoms with Gasteiger partial charge in [0, 0.05) is 6.42 Å². The molecule has 0 spiro atoms. The van der Waals surface area contributed by atoms with Crippen molar-refractivity contribution < 1.29 is 23.9 Å². The van der Waals surface area contributed by atoms with Crippen LogP contribution in [0.5, 0.6) is 0 Å². The molecule has 0 aliphatic carbocycles. The topological polar surface area (TPSA) is 86.2 Å². The quantitative estimate of drug-likeness (QED) is 0.785. The minimum Gasteiger partial charge on any atom is -0.463 e. The van der Waals surface area contributed by atoms with Crippen molar-refractivity contribution in [1.29, 1.82) is 0 Å². The number of hydrogen-bond donors (Lipinski definition) is 1. The Labute approximate surface area is 125 Å². The first-order valence-electron chi connectivity index (χ1n) is 7.10. The largest absolute Gasteiger partial charge is 0.463 e. The summed E-state index contributed by atoms with van der Waals surface area (Å²) in [7, 11) is 0. The molecule has 0 radical (unpaired) electrons. The molecule has 1 unspecified atom stereocenters. The fraction of sp³-hybridized carbons (Fsp3) is 0.786. The summed E-state index contributed by atoms with van der Waals surface area (Å²) in [6.45, 7) is 9.38. The second-order valence-electron chi connectivity index (χ2n) is 5.85. The Morgan fingerprint density at radius 1 is 1.38 bits per heavy atom. The molecule has 0 fully saturated rings. The van der Waals surface area contributed by atoms with Crippen LogP contribution in [-0.4, -0.2) is 42.1 Å². The third-order valence-corrected chi connectivity index (χ3v) is 2.89. The van der Waals surface area contributed by atoms with Gasteiger partial charge >= 0.3 is 12.1 Å². The predicted octanol–water partition coefficient (Wildman–Crippen LogP) is 2.00. The number of nitrogens with one attached hydrogen (secondary N) is 1. The van der Waals surface area contributed by atoms with E-state index in [4.69, 9.17) is 14.3 Å². The molecule has 1 atom stereocenters. The molecule has 1 aliphatic rings. The molecule has 1 N–H and O–H groups in total. The summed E-state index contributed by atoms with van der Waals surface area (Å²) in [6.07, 6.45) is 0.221. The second-order valence-corrected chi connectivity index (χ2v) is 5.85. The lowest BCUT2D eigenvalue weighted by molar-refractivity contribution is -0.169. The van der Waals surface area contributed by atoms with E-state index in [2.05, 4.69) is 10.5 Å². The summed E-state index contributed by atoms with van der Waals surface area (Å²) in [5.41, 5.74) is -1.05. The lowest BCUT2D eigenvalue weighted by Gasteiger charge is -2.22. The summed E-state index contributed by atoms with van der Waals surface area (Å²) in [5.74, 6) is -0.427. The number of ether oxygens (including phenoxy) is 2. The number of nitrogens with zero attached hydrogens (tertiary/aromatic N) is 1. The molecule has 0 bridgehead atoms. The number of oxime groups is 1. The summed E-state index contributed by atoms with van der Waals surface area (Å²) in [6, 6.07) is 0. The van der Waals surface area contributed by atoms with Gasteiger partial charge in [0.2, 0.25) is 5.60 Å². The fourth-order valence-corrected chi connectivity index (χ4v) is 1.84. The Bertz CT molecular complexity index is 428. The van der Waals surface area contributed by atoms with Crippen molar-refractivity contribution in [2.24, 2.45) is 5.16 Å². The Morgan fingerprint density at radius 3 is 2.57 bits per heavy atom. The molecule has 1 aliphatic heterocycles. The minimum atomic E-state index is -1.07. The van der Waals surface area contributed by atoms with Crippen molar-refractivity contribution in [2.75, 3.05) is 13.2 Å². The van der Waals surface area contributed by atoms with Crippen molar-refractivity contribution in [2.45, 2.75) is 58.7 Å². The highest BCUT2D eigenvalue weighted by atomic mass is 16.7. The number of rotatable bonds is 5. The van der Waals surface area contributed by atoms with Crippen LogP contribution in [0, 0.1) is 0 Å². The third-order valence-electron chi connectivity index (χ3n) is 2.89. The van der Waals surface area contributed by atoms with Crippen LogP contribution in [0.25, 0.3) is 0 Å². The van der Waals surface area contributed by atoms with E-state index < -0.39 is 23.3 Å². The maximum atomic E-state index is 11.9. The van der Waals surface area contributed by atoms with E-state index in [9.17, 15) is 9.59 Å². The first-order chi connectivity index (χ1) is 9.72. The highest BCUT2D eigenvalue weighted by Gasteiger charge is 2.46. The van der Waals surface area contributed by atoms with Gasteiger partial charge in [0.05, 0.1) is 18.9 Å². The summed E-state index contributed by atoms with van der Waals surface area (Å²) < 4.78 is 10.1. The lowest BCUT2D eigenvalue weighted by Crippen LogP contribution is -2.41. The Hall–Kier alpha value is -1.79. The predicted molar refractivity (Wildman–Crippen MR) is 77.0 cm³/mol. The van der Waals surface area contributed by atoms with Crippen molar-refractivity contribution in [3.63, 3.8) is 0 Å². The molecule has 7 nitrogen and oxygen atoms in total. The maximum Gasteiger partial charge on any atom is 0.407 e. The molecule has 120 valence electrons. The van der Waals surface area contributed by atoms with Gasteiger partial charge in [-0.2, -0.15) is 0 Å². The molecule has 0 saturated carbocycles. The van der Waals surface area contributed by atoms with Crippen LogP contribution < -0.4 is 5.32 Å². The molecule has 0 aromatic rings. The monoisotopic (exact) mass is 300 g/mol. The number of carbonyl (C=O) groups is 2. The van der Waals surface area contributed by atoms with E-state index in [-0.39, 0.29) is 13.2 Å². The Morgan fingerprint density at radius 2 is 2.05 bits per heavy atom. The average molecular weight is 300 g/mol. The zero-order valence-corrected chi connectivity index (χ0v) is 13.3. The van der Waals surface area contributed by atoms with Crippen LogP contribution in [0.2, 0.25) is 0 Å². The van der Waals surface area contributed by atoms with Gasteiger partial charge in [-0.05, 0) is 34.1 Å². The standard InChI is InChI=1S/C14H24N2O5/c1-6-14(11(17)19-7-2)8-10(16-21-14)9-15-12(18)20-13(3,4)5/h6-9H2,1-5H3,(H,15,18). The number of hydrogen-bond acceptors (Lipinski definition) is 6. The van der Waals surface area contributed by atoms with E-state index in [1.165, 1.54) is 0 Å². The second kappa shape index (κ2) is 6.78. The van der Waals surface area contributed by atoms with Crippen LogP contribution in [-0.2, 0) is 19.1 Å². The first-order valence-corrected chi connectivity index (χ1v) is 7.10. The Kier molecular flexibility index (Phi) is 5.57. The van der Waals surface area contributed by atoms with Gasteiger partial charge in [0.15, 0.2) is 0 Å². The number of esters is 1. The minimum absolute atomic E-state index is 0.177. The van der Waals surface area contributed by atoms with E-state index >= 15 is 0 Å². The molecule has 0 aromatic carbocycles. The van der Waals surface area contributed by atoms with E-state index in [1.54, 1.807) is 27.7 Å². The third kappa shape index (κ3) is 4.91. The zero-order valence-electron chi connectivity index (χ0n) is 13.3. The van der Waals surface area contributed by atoms with Gasteiger partial charge in [-0.15, -0.1) is 0 Å². The summed E-state index contributed by atoms with van der Waals surface area (Å²) in [4.78, 5) is 28.8. The molecule has 1 heterocycles. The van der Waals surface area contributed by atoms with E-state index in [0.717, 1.165) is 0 Å². The average Bonchev–Trinajstić information content (AvgIpc) is 2.79. The van der Waals surface area contributed by atoms with Crippen molar-refractivity contribution in [3.05, 3.63) is 0 Å². The highest BCUT2D eigenvalue weighted by molar-refractivity contribution is 5.95. The first kappa shape index (κ1) is 17.3. The normalized spacial score (nSPS) is 21.3. The molecule has 1 rings (SSSR count). The number of alkyl carbamates (subject to hydrolysis) is 1. The van der Waals surface area contributed by atoms with Gasteiger partial charge in [-0.25, -0.2) is 9.59 Å². The summed E-state index contributed by atoms with van der Waals surface area (Å²) >= 11 is 0. The zero-order chi connectivity index (χ0) is 16.1. The molecule has 0 saturated heterocycles. The fourth-order valence-electron chi connectivity index (χ4n) is 1.84. The van der Waals surface area contributed by atoms with E-state index in [0.29, 0.717) is 18.6 Å². The van der Waals surface area contributed by atoms with Crippen LogP contribution in [0.1, 0.15) is 47.5 Å². The van der Waals surface area contributed by atoms with Crippen LogP contribution in [0.4, 0.5) is 4.79 Å². The Balaban J connectivity index is 2.50. The van der Waals surface area contributed by atoms with Crippen molar-refractivity contribution >= 4 is 17.8 Å². The van der Waals surface area contributed by atoms with Gasteiger partial charge in [0.25, 0.3) is 0 Å².